The lowest BCUT2D eigenvalue weighted by Crippen LogP contribution is -2.36. The van der Waals surface area contributed by atoms with Crippen LogP contribution in [0.25, 0.3) is 0 Å². The van der Waals surface area contributed by atoms with Gasteiger partial charge in [0.1, 0.15) is 11.9 Å². The van der Waals surface area contributed by atoms with E-state index in [-0.39, 0.29) is 18.1 Å². The smallest absolute Gasteiger partial charge is 0.249 e. The molecule has 3 N–H and O–H groups in total. The van der Waals surface area contributed by atoms with Gasteiger partial charge < -0.3 is 20.5 Å². The monoisotopic (exact) mass is 278 g/mol. The SMILES string of the molecule is COc1ccc(CCNC(=O)C2CCC(CN)O2)cc1. The van der Waals surface area contributed by atoms with Crippen LogP contribution in [0.1, 0.15) is 18.4 Å². The van der Waals surface area contributed by atoms with Gasteiger partial charge in [0.25, 0.3) is 0 Å². The summed E-state index contributed by atoms with van der Waals surface area (Å²) in [6.07, 6.45) is 2.12. The van der Waals surface area contributed by atoms with E-state index in [0.29, 0.717) is 13.1 Å². The first-order valence-corrected chi connectivity index (χ1v) is 6.99. The second-order valence-corrected chi connectivity index (χ2v) is 4.95. The molecule has 1 heterocycles. The third kappa shape index (κ3) is 3.95. The van der Waals surface area contributed by atoms with Gasteiger partial charge in [0, 0.05) is 13.1 Å². The molecule has 1 aliphatic heterocycles. The maximum absolute atomic E-state index is 11.9. The highest BCUT2D eigenvalue weighted by Gasteiger charge is 2.29. The molecular formula is C15H22N2O3. The van der Waals surface area contributed by atoms with Crippen molar-refractivity contribution in [1.29, 1.82) is 0 Å². The average Bonchev–Trinajstić information content (AvgIpc) is 2.97. The van der Waals surface area contributed by atoms with Crippen LogP contribution in [-0.2, 0) is 16.0 Å². The number of carbonyl (C=O) groups is 1. The Bertz CT molecular complexity index is 433. The Morgan fingerprint density at radius 2 is 2.15 bits per heavy atom. The fraction of sp³-hybridized carbons (Fsp3) is 0.533. The van der Waals surface area contributed by atoms with E-state index in [4.69, 9.17) is 15.2 Å². The van der Waals surface area contributed by atoms with Crippen molar-refractivity contribution in [2.75, 3.05) is 20.2 Å². The minimum absolute atomic E-state index is 0.0329. The minimum atomic E-state index is -0.334. The van der Waals surface area contributed by atoms with Crippen molar-refractivity contribution in [3.05, 3.63) is 29.8 Å². The van der Waals surface area contributed by atoms with Crippen LogP contribution in [-0.4, -0.2) is 38.3 Å². The number of hydrogen-bond acceptors (Lipinski definition) is 4. The fourth-order valence-corrected chi connectivity index (χ4v) is 2.31. The first kappa shape index (κ1) is 14.8. The zero-order chi connectivity index (χ0) is 14.4. The highest BCUT2D eigenvalue weighted by atomic mass is 16.5. The van der Waals surface area contributed by atoms with Crippen LogP contribution in [0.3, 0.4) is 0 Å². The van der Waals surface area contributed by atoms with Gasteiger partial charge in [-0.25, -0.2) is 0 Å². The van der Waals surface area contributed by atoms with Crippen molar-refractivity contribution in [3.63, 3.8) is 0 Å². The molecule has 0 spiro atoms. The summed E-state index contributed by atoms with van der Waals surface area (Å²) in [6, 6.07) is 7.84. The Labute approximate surface area is 119 Å². The molecule has 1 aliphatic rings. The predicted molar refractivity (Wildman–Crippen MR) is 76.7 cm³/mol. The van der Waals surface area contributed by atoms with E-state index < -0.39 is 0 Å². The molecule has 1 amide bonds. The van der Waals surface area contributed by atoms with Crippen molar-refractivity contribution in [1.82, 2.24) is 5.32 Å². The summed E-state index contributed by atoms with van der Waals surface area (Å²) in [4.78, 5) is 11.9. The van der Waals surface area contributed by atoms with Crippen molar-refractivity contribution < 1.29 is 14.3 Å². The molecule has 5 nitrogen and oxygen atoms in total. The quantitative estimate of drug-likeness (QED) is 0.809. The van der Waals surface area contributed by atoms with Crippen LogP contribution in [0.15, 0.2) is 24.3 Å². The topological polar surface area (TPSA) is 73.6 Å². The Morgan fingerprint density at radius 3 is 2.75 bits per heavy atom. The molecule has 0 saturated carbocycles. The molecule has 0 bridgehead atoms. The summed E-state index contributed by atoms with van der Waals surface area (Å²) in [7, 11) is 1.64. The summed E-state index contributed by atoms with van der Waals surface area (Å²) in [5.74, 6) is 0.805. The van der Waals surface area contributed by atoms with Gasteiger partial charge in [-0.3, -0.25) is 4.79 Å². The molecule has 1 fully saturated rings. The number of methoxy groups -OCH3 is 1. The van der Waals surface area contributed by atoms with Crippen LogP contribution >= 0.6 is 0 Å². The summed E-state index contributed by atoms with van der Waals surface area (Å²) < 4.78 is 10.7. The zero-order valence-electron chi connectivity index (χ0n) is 11.8. The molecule has 2 rings (SSSR count). The first-order valence-electron chi connectivity index (χ1n) is 6.99. The maximum atomic E-state index is 11.9. The van der Waals surface area contributed by atoms with Crippen molar-refractivity contribution in [2.45, 2.75) is 31.5 Å². The van der Waals surface area contributed by atoms with Crippen LogP contribution in [0, 0.1) is 0 Å². The molecule has 5 heteroatoms. The number of nitrogens with two attached hydrogens (primary N) is 1. The lowest BCUT2D eigenvalue weighted by Gasteiger charge is -2.12. The lowest BCUT2D eigenvalue weighted by atomic mass is 10.1. The summed E-state index contributed by atoms with van der Waals surface area (Å²) in [6.45, 7) is 1.09. The largest absolute Gasteiger partial charge is 0.497 e. The van der Waals surface area contributed by atoms with Gasteiger partial charge in [0.2, 0.25) is 5.91 Å². The Morgan fingerprint density at radius 1 is 1.40 bits per heavy atom. The van der Waals surface area contributed by atoms with E-state index in [2.05, 4.69) is 5.32 Å². The van der Waals surface area contributed by atoms with Crippen LogP contribution in [0.2, 0.25) is 0 Å². The number of nitrogens with one attached hydrogen (secondary N) is 1. The predicted octanol–water partition coefficient (Wildman–Crippen LogP) is 0.860. The highest BCUT2D eigenvalue weighted by Crippen LogP contribution is 2.18. The van der Waals surface area contributed by atoms with Gasteiger partial charge >= 0.3 is 0 Å². The average molecular weight is 278 g/mol. The minimum Gasteiger partial charge on any atom is -0.497 e. The van der Waals surface area contributed by atoms with Gasteiger partial charge in [0.15, 0.2) is 0 Å². The molecule has 1 saturated heterocycles. The van der Waals surface area contributed by atoms with Gasteiger partial charge in [-0.1, -0.05) is 12.1 Å². The molecule has 1 aromatic rings. The van der Waals surface area contributed by atoms with E-state index in [1.807, 2.05) is 24.3 Å². The highest BCUT2D eigenvalue weighted by molar-refractivity contribution is 5.81. The van der Waals surface area contributed by atoms with E-state index in [9.17, 15) is 4.79 Å². The van der Waals surface area contributed by atoms with Gasteiger partial charge in [0.05, 0.1) is 13.2 Å². The van der Waals surface area contributed by atoms with E-state index in [1.165, 1.54) is 5.56 Å². The van der Waals surface area contributed by atoms with Crippen molar-refractivity contribution in [3.8, 4) is 5.75 Å². The third-order valence-electron chi connectivity index (χ3n) is 3.53. The molecule has 20 heavy (non-hydrogen) atoms. The Hall–Kier alpha value is -1.59. The lowest BCUT2D eigenvalue weighted by molar-refractivity contribution is -0.131. The van der Waals surface area contributed by atoms with E-state index in [1.54, 1.807) is 7.11 Å². The Kier molecular flexibility index (Phi) is 5.38. The fourth-order valence-electron chi connectivity index (χ4n) is 2.31. The number of carbonyl (C=O) groups excluding carboxylic acids is 1. The van der Waals surface area contributed by atoms with Crippen LogP contribution < -0.4 is 15.8 Å². The van der Waals surface area contributed by atoms with Crippen molar-refractivity contribution in [2.24, 2.45) is 5.73 Å². The molecule has 0 aromatic heterocycles. The second kappa shape index (κ2) is 7.26. The molecule has 110 valence electrons. The van der Waals surface area contributed by atoms with Gasteiger partial charge in [-0.15, -0.1) is 0 Å². The third-order valence-corrected chi connectivity index (χ3v) is 3.53. The van der Waals surface area contributed by atoms with Crippen LogP contribution in [0.4, 0.5) is 0 Å². The normalized spacial score (nSPS) is 21.7. The summed E-state index contributed by atoms with van der Waals surface area (Å²) in [5, 5.41) is 2.91. The number of amides is 1. The van der Waals surface area contributed by atoms with E-state index >= 15 is 0 Å². The first-order chi connectivity index (χ1) is 9.72. The van der Waals surface area contributed by atoms with Gasteiger partial charge in [-0.2, -0.15) is 0 Å². The molecular weight excluding hydrogens is 256 g/mol. The van der Waals surface area contributed by atoms with E-state index in [0.717, 1.165) is 25.0 Å². The number of benzene rings is 1. The van der Waals surface area contributed by atoms with Gasteiger partial charge in [-0.05, 0) is 37.0 Å². The Balaban J connectivity index is 1.71. The standard InChI is InChI=1S/C15H22N2O3/c1-19-12-4-2-11(3-5-12)8-9-17-15(18)14-7-6-13(10-16)20-14/h2-5,13-14H,6-10,16H2,1H3,(H,17,18). The molecule has 2 atom stereocenters. The second-order valence-electron chi connectivity index (χ2n) is 4.95. The zero-order valence-corrected chi connectivity index (χ0v) is 11.8. The molecule has 0 aliphatic carbocycles. The van der Waals surface area contributed by atoms with Crippen molar-refractivity contribution >= 4 is 5.91 Å². The number of hydrogen-bond donors (Lipinski definition) is 2. The number of rotatable bonds is 6. The molecule has 1 aromatic carbocycles. The van der Waals surface area contributed by atoms with Crippen LogP contribution in [0.5, 0.6) is 5.75 Å². The molecule has 0 radical (unpaired) electrons. The number of ether oxygens (including phenoxy) is 2. The molecule has 2 unspecified atom stereocenters. The maximum Gasteiger partial charge on any atom is 0.249 e. The summed E-state index contributed by atoms with van der Waals surface area (Å²) in [5.41, 5.74) is 6.69. The summed E-state index contributed by atoms with van der Waals surface area (Å²) >= 11 is 0.